The maximum Gasteiger partial charge on any atom is 0.321 e. The molecular formula is C27H30N6O. The molecule has 0 aliphatic carbocycles. The summed E-state index contributed by atoms with van der Waals surface area (Å²) in [5.74, 6) is 1.76. The van der Waals surface area contributed by atoms with Crippen LogP contribution in [0.25, 0.3) is 0 Å². The lowest BCUT2D eigenvalue weighted by atomic mass is 10.0. The van der Waals surface area contributed by atoms with Gasteiger partial charge in [0.25, 0.3) is 0 Å². The molecule has 34 heavy (non-hydrogen) atoms. The van der Waals surface area contributed by atoms with Crippen molar-refractivity contribution in [1.82, 2.24) is 14.9 Å². The van der Waals surface area contributed by atoms with E-state index in [9.17, 15) is 4.79 Å². The molecule has 7 heteroatoms. The molecule has 1 aliphatic heterocycles. The van der Waals surface area contributed by atoms with Crippen LogP contribution in [0, 0.1) is 18.3 Å². The van der Waals surface area contributed by atoms with E-state index in [0.717, 1.165) is 43.1 Å². The van der Waals surface area contributed by atoms with Crippen molar-refractivity contribution in [3.63, 3.8) is 0 Å². The zero-order valence-electron chi connectivity index (χ0n) is 19.8. The van der Waals surface area contributed by atoms with Gasteiger partial charge in [0.1, 0.15) is 11.6 Å². The number of nitrogens with zero attached hydrogens (tertiary/aromatic N) is 5. The number of hydrogen-bond acceptors (Lipinski definition) is 5. The second-order valence-corrected chi connectivity index (χ2v) is 8.49. The van der Waals surface area contributed by atoms with E-state index in [1.807, 2.05) is 17.9 Å². The molecule has 1 aromatic heterocycles. The summed E-state index contributed by atoms with van der Waals surface area (Å²) in [7, 11) is 0. The van der Waals surface area contributed by atoms with E-state index in [1.54, 1.807) is 24.3 Å². The van der Waals surface area contributed by atoms with Gasteiger partial charge in [-0.1, -0.05) is 43.3 Å². The van der Waals surface area contributed by atoms with Crippen molar-refractivity contribution in [1.29, 1.82) is 5.26 Å². The Balaban J connectivity index is 1.52. The van der Waals surface area contributed by atoms with Crippen LogP contribution < -0.4 is 10.2 Å². The van der Waals surface area contributed by atoms with E-state index in [1.165, 1.54) is 11.1 Å². The van der Waals surface area contributed by atoms with Gasteiger partial charge in [0.05, 0.1) is 11.6 Å². The Hall–Kier alpha value is -3.92. The smallest absolute Gasteiger partial charge is 0.321 e. The number of amides is 2. The van der Waals surface area contributed by atoms with E-state index < -0.39 is 0 Å². The molecule has 1 aliphatic rings. The molecule has 1 fully saturated rings. The fourth-order valence-electron chi connectivity index (χ4n) is 4.37. The lowest BCUT2D eigenvalue weighted by molar-refractivity contribution is 0.215. The number of hydrogen-bond donors (Lipinski definition) is 1. The average Bonchev–Trinajstić information content (AvgIpc) is 3.12. The van der Waals surface area contributed by atoms with Crippen LogP contribution in [0.15, 0.2) is 54.6 Å². The average molecular weight is 455 g/mol. The van der Waals surface area contributed by atoms with Gasteiger partial charge in [0, 0.05) is 49.5 Å². The standard InChI is InChI=1S/C27H30N6O/c1-3-25-24(18-21-9-5-4-6-10-21)26(30-20(2)29-25)32-13-8-14-33(16-15-32)27(34)31-23-12-7-11-22(17-23)19-28/h4-7,9-12,17H,3,8,13-16,18H2,1-2H3,(H,31,34). The van der Waals surface area contributed by atoms with Crippen LogP contribution in [-0.4, -0.2) is 47.1 Å². The minimum atomic E-state index is -0.144. The minimum absolute atomic E-state index is 0.144. The molecule has 7 nitrogen and oxygen atoms in total. The van der Waals surface area contributed by atoms with Gasteiger partial charge in [-0.25, -0.2) is 14.8 Å². The number of carbonyl (C=O) groups is 1. The maximum absolute atomic E-state index is 12.9. The molecular weight excluding hydrogens is 424 g/mol. The largest absolute Gasteiger partial charge is 0.354 e. The van der Waals surface area contributed by atoms with E-state index >= 15 is 0 Å². The van der Waals surface area contributed by atoms with Crippen LogP contribution >= 0.6 is 0 Å². The summed E-state index contributed by atoms with van der Waals surface area (Å²) in [6.45, 7) is 6.87. The first kappa shape index (κ1) is 23.2. The first-order chi connectivity index (χ1) is 16.6. The first-order valence-electron chi connectivity index (χ1n) is 11.8. The fraction of sp³-hybridized carbons (Fsp3) is 0.333. The molecule has 0 saturated carbocycles. The number of aryl methyl sites for hydroxylation is 2. The molecule has 4 rings (SSSR count). The van der Waals surface area contributed by atoms with Crippen LogP contribution in [0.1, 0.15) is 41.6 Å². The summed E-state index contributed by atoms with van der Waals surface area (Å²) in [6, 6.07) is 19.4. The third kappa shape index (κ3) is 5.52. The Labute approximate surface area is 201 Å². The molecule has 0 unspecified atom stereocenters. The van der Waals surface area contributed by atoms with Crippen molar-refractivity contribution in [2.75, 3.05) is 36.4 Å². The molecule has 1 saturated heterocycles. The molecule has 0 spiro atoms. The van der Waals surface area contributed by atoms with Gasteiger partial charge >= 0.3 is 6.03 Å². The van der Waals surface area contributed by atoms with Crippen molar-refractivity contribution in [3.8, 4) is 6.07 Å². The lowest BCUT2D eigenvalue weighted by Crippen LogP contribution is -2.38. The Morgan fingerprint density at radius 1 is 1.06 bits per heavy atom. The highest BCUT2D eigenvalue weighted by molar-refractivity contribution is 5.89. The Morgan fingerprint density at radius 2 is 1.88 bits per heavy atom. The molecule has 3 aromatic rings. The molecule has 174 valence electrons. The summed E-state index contributed by atoms with van der Waals surface area (Å²) in [6.07, 6.45) is 2.49. The Kier molecular flexibility index (Phi) is 7.38. The number of aromatic nitrogens is 2. The van der Waals surface area contributed by atoms with Gasteiger partial charge in [0.15, 0.2) is 0 Å². The number of nitrogens with one attached hydrogen (secondary N) is 1. The van der Waals surface area contributed by atoms with Crippen LogP contribution in [0.4, 0.5) is 16.3 Å². The van der Waals surface area contributed by atoms with Crippen molar-refractivity contribution in [2.45, 2.75) is 33.1 Å². The molecule has 2 amide bonds. The first-order valence-corrected chi connectivity index (χ1v) is 11.8. The van der Waals surface area contributed by atoms with Crippen molar-refractivity contribution >= 4 is 17.5 Å². The molecule has 1 N–H and O–H groups in total. The zero-order chi connectivity index (χ0) is 23.9. The summed E-state index contributed by atoms with van der Waals surface area (Å²) >= 11 is 0. The highest BCUT2D eigenvalue weighted by Gasteiger charge is 2.23. The molecule has 0 atom stereocenters. The monoisotopic (exact) mass is 454 g/mol. The number of carbonyl (C=O) groups excluding carboxylic acids is 1. The van der Waals surface area contributed by atoms with Crippen LogP contribution in [0.2, 0.25) is 0 Å². The predicted molar refractivity (Wildman–Crippen MR) is 134 cm³/mol. The minimum Gasteiger partial charge on any atom is -0.354 e. The maximum atomic E-state index is 12.9. The number of nitriles is 1. The summed E-state index contributed by atoms with van der Waals surface area (Å²) < 4.78 is 0. The van der Waals surface area contributed by atoms with Gasteiger partial charge < -0.3 is 15.1 Å². The second kappa shape index (κ2) is 10.8. The van der Waals surface area contributed by atoms with Gasteiger partial charge in [-0.05, 0) is 43.5 Å². The van der Waals surface area contributed by atoms with Crippen LogP contribution in [-0.2, 0) is 12.8 Å². The van der Waals surface area contributed by atoms with E-state index in [-0.39, 0.29) is 6.03 Å². The highest BCUT2D eigenvalue weighted by Crippen LogP contribution is 2.26. The molecule has 0 radical (unpaired) electrons. The number of anilines is 2. The van der Waals surface area contributed by atoms with Crippen molar-refractivity contribution in [2.24, 2.45) is 0 Å². The van der Waals surface area contributed by atoms with E-state index in [0.29, 0.717) is 30.9 Å². The number of rotatable bonds is 5. The summed E-state index contributed by atoms with van der Waals surface area (Å²) in [4.78, 5) is 26.7. The number of urea groups is 1. The van der Waals surface area contributed by atoms with Gasteiger partial charge in [-0.3, -0.25) is 0 Å². The van der Waals surface area contributed by atoms with Crippen LogP contribution in [0.5, 0.6) is 0 Å². The van der Waals surface area contributed by atoms with Gasteiger partial charge in [-0.2, -0.15) is 5.26 Å². The van der Waals surface area contributed by atoms with Crippen molar-refractivity contribution < 1.29 is 4.79 Å². The summed E-state index contributed by atoms with van der Waals surface area (Å²) in [5.41, 5.74) is 4.65. The number of benzene rings is 2. The molecule has 2 aromatic carbocycles. The topological polar surface area (TPSA) is 85.2 Å². The third-order valence-corrected chi connectivity index (χ3v) is 6.07. The normalized spacial score (nSPS) is 13.8. The van der Waals surface area contributed by atoms with Gasteiger partial charge in [-0.15, -0.1) is 0 Å². The Bertz CT molecular complexity index is 1190. The third-order valence-electron chi connectivity index (χ3n) is 6.07. The molecule has 0 bridgehead atoms. The predicted octanol–water partition coefficient (Wildman–Crippen LogP) is 4.55. The fourth-order valence-corrected chi connectivity index (χ4v) is 4.37. The molecule has 2 heterocycles. The summed E-state index contributed by atoms with van der Waals surface area (Å²) in [5, 5.41) is 12.0. The van der Waals surface area contributed by atoms with E-state index in [2.05, 4.69) is 47.5 Å². The quantitative estimate of drug-likeness (QED) is 0.611. The second-order valence-electron chi connectivity index (χ2n) is 8.49. The lowest BCUT2D eigenvalue weighted by Gasteiger charge is -2.26. The SMILES string of the molecule is CCc1nc(C)nc(N2CCCN(C(=O)Nc3cccc(C#N)c3)CC2)c1Cc1ccccc1. The zero-order valence-corrected chi connectivity index (χ0v) is 19.8. The van der Waals surface area contributed by atoms with E-state index in [4.69, 9.17) is 15.2 Å². The highest BCUT2D eigenvalue weighted by atomic mass is 16.2. The Morgan fingerprint density at radius 3 is 2.65 bits per heavy atom. The van der Waals surface area contributed by atoms with Gasteiger partial charge in [0.2, 0.25) is 0 Å². The van der Waals surface area contributed by atoms with Crippen LogP contribution in [0.3, 0.4) is 0 Å². The van der Waals surface area contributed by atoms with Crippen molar-refractivity contribution in [3.05, 3.63) is 82.8 Å².